The van der Waals surface area contributed by atoms with E-state index < -0.39 is 0 Å². The van der Waals surface area contributed by atoms with Crippen molar-refractivity contribution in [3.05, 3.63) is 89.5 Å². The molecule has 30 heavy (non-hydrogen) atoms. The van der Waals surface area contributed by atoms with E-state index in [0.29, 0.717) is 29.7 Å². The molecule has 2 aromatic carbocycles. The summed E-state index contributed by atoms with van der Waals surface area (Å²) in [6.45, 7) is 0.433. The SMILES string of the molecule is O=C(CCc1nc(-c2cccnc2)no1)NCc1ccccc1-c1ccc(Cl)cc1. The molecule has 0 aliphatic carbocycles. The Labute approximate surface area is 178 Å². The molecule has 2 aromatic heterocycles. The largest absolute Gasteiger partial charge is 0.352 e. The van der Waals surface area contributed by atoms with Crippen molar-refractivity contribution in [2.45, 2.75) is 19.4 Å². The summed E-state index contributed by atoms with van der Waals surface area (Å²) >= 11 is 5.99. The first-order valence-corrected chi connectivity index (χ1v) is 9.90. The summed E-state index contributed by atoms with van der Waals surface area (Å²) in [6.07, 6.45) is 3.98. The van der Waals surface area contributed by atoms with Gasteiger partial charge in [-0.25, -0.2) is 0 Å². The molecule has 0 bridgehead atoms. The van der Waals surface area contributed by atoms with Gasteiger partial charge in [0.2, 0.25) is 17.6 Å². The van der Waals surface area contributed by atoms with Crippen LogP contribution in [0.2, 0.25) is 5.02 Å². The molecule has 1 amide bonds. The van der Waals surface area contributed by atoms with Crippen LogP contribution < -0.4 is 5.32 Å². The molecule has 150 valence electrons. The highest BCUT2D eigenvalue weighted by atomic mass is 35.5. The van der Waals surface area contributed by atoms with Crippen molar-refractivity contribution in [2.75, 3.05) is 0 Å². The number of hydrogen-bond acceptors (Lipinski definition) is 5. The van der Waals surface area contributed by atoms with E-state index >= 15 is 0 Å². The summed E-state index contributed by atoms with van der Waals surface area (Å²) in [4.78, 5) is 20.7. The summed E-state index contributed by atoms with van der Waals surface area (Å²) < 4.78 is 5.24. The van der Waals surface area contributed by atoms with Crippen LogP contribution in [-0.2, 0) is 17.8 Å². The topological polar surface area (TPSA) is 80.9 Å². The van der Waals surface area contributed by atoms with Crippen LogP contribution in [0.4, 0.5) is 0 Å². The fraction of sp³-hybridized carbons (Fsp3) is 0.130. The number of aryl methyl sites for hydroxylation is 1. The minimum absolute atomic E-state index is 0.0814. The number of aromatic nitrogens is 3. The molecule has 0 fully saturated rings. The third-order valence-electron chi connectivity index (χ3n) is 4.60. The van der Waals surface area contributed by atoms with Crippen molar-refractivity contribution in [3.63, 3.8) is 0 Å². The van der Waals surface area contributed by atoms with Crippen molar-refractivity contribution in [1.29, 1.82) is 0 Å². The Morgan fingerprint density at radius 1 is 1.00 bits per heavy atom. The number of nitrogens with one attached hydrogen (secondary N) is 1. The van der Waals surface area contributed by atoms with E-state index in [4.69, 9.17) is 16.1 Å². The predicted molar refractivity (Wildman–Crippen MR) is 115 cm³/mol. The van der Waals surface area contributed by atoms with Gasteiger partial charge in [0.05, 0.1) is 0 Å². The van der Waals surface area contributed by atoms with E-state index in [2.05, 4.69) is 20.4 Å². The second-order valence-electron chi connectivity index (χ2n) is 6.69. The average Bonchev–Trinajstić information content (AvgIpc) is 3.27. The monoisotopic (exact) mass is 418 g/mol. The van der Waals surface area contributed by atoms with E-state index in [0.717, 1.165) is 22.3 Å². The normalized spacial score (nSPS) is 10.7. The third kappa shape index (κ3) is 4.90. The van der Waals surface area contributed by atoms with Crippen molar-refractivity contribution >= 4 is 17.5 Å². The van der Waals surface area contributed by atoms with Crippen LogP contribution in [-0.4, -0.2) is 21.0 Å². The van der Waals surface area contributed by atoms with Crippen LogP contribution in [0.25, 0.3) is 22.5 Å². The average molecular weight is 419 g/mol. The number of nitrogens with zero attached hydrogens (tertiary/aromatic N) is 3. The maximum absolute atomic E-state index is 12.3. The highest BCUT2D eigenvalue weighted by molar-refractivity contribution is 6.30. The second-order valence-corrected chi connectivity index (χ2v) is 7.13. The van der Waals surface area contributed by atoms with Crippen LogP contribution in [0.5, 0.6) is 0 Å². The number of halogens is 1. The summed E-state index contributed by atoms with van der Waals surface area (Å²) in [5.41, 5.74) is 3.92. The van der Waals surface area contributed by atoms with Gasteiger partial charge in [-0.05, 0) is 41.0 Å². The van der Waals surface area contributed by atoms with Crippen molar-refractivity contribution in [2.24, 2.45) is 0 Å². The molecule has 1 N–H and O–H groups in total. The molecule has 6 nitrogen and oxygen atoms in total. The third-order valence-corrected chi connectivity index (χ3v) is 4.85. The summed E-state index contributed by atoms with van der Waals surface area (Å²) in [5, 5.41) is 7.60. The lowest BCUT2D eigenvalue weighted by Gasteiger charge is -2.11. The highest BCUT2D eigenvalue weighted by Crippen LogP contribution is 2.25. The number of hydrogen-bond donors (Lipinski definition) is 1. The lowest BCUT2D eigenvalue weighted by Crippen LogP contribution is -2.23. The molecule has 0 aliphatic heterocycles. The summed E-state index contributed by atoms with van der Waals surface area (Å²) in [5.74, 6) is 0.808. The van der Waals surface area contributed by atoms with Crippen molar-refractivity contribution in [3.8, 4) is 22.5 Å². The number of carbonyl (C=O) groups excluding carboxylic acids is 1. The van der Waals surface area contributed by atoms with Crippen LogP contribution in [0.1, 0.15) is 17.9 Å². The van der Waals surface area contributed by atoms with Gasteiger partial charge >= 0.3 is 0 Å². The van der Waals surface area contributed by atoms with Crippen molar-refractivity contribution in [1.82, 2.24) is 20.4 Å². The summed E-state index contributed by atoms with van der Waals surface area (Å²) in [7, 11) is 0. The summed E-state index contributed by atoms with van der Waals surface area (Å²) in [6, 6.07) is 19.3. The maximum atomic E-state index is 12.3. The van der Waals surface area contributed by atoms with Crippen LogP contribution in [0.15, 0.2) is 77.6 Å². The maximum Gasteiger partial charge on any atom is 0.227 e. The number of benzene rings is 2. The van der Waals surface area contributed by atoms with E-state index in [1.807, 2.05) is 54.6 Å². The second kappa shape index (κ2) is 9.33. The molecule has 7 heteroatoms. The van der Waals surface area contributed by atoms with E-state index in [-0.39, 0.29) is 12.3 Å². The number of pyridine rings is 1. The van der Waals surface area contributed by atoms with E-state index in [1.165, 1.54) is 0 Å². The zero-order valence-electron chi connectivity index (χ0n) is 16.1. The first-order valence-electron chi connectivity index (χ1n) is 9.52. The highest BCUT2D eigenvalue weighted by Gasteiger charge is 2.11. The van der Waals surface area contributed by atoms with E-state index in [1.54, 1.807) is 18.5 Å². The fourth-order valence-electron chi connectivity index (χ4n) is 3.06. The quantitative estimate of drug-likeness (QED) is 0.470. The molecule has 0 atom stereocenters. The molecule has 0 saturated heterocycles. The van der Waals surface area contributed by atoms with Gasteiger partial charge in [-0.2, -0.15) is 4.98 Å². The van der Waals surface area contributed by atoms with Crippen LogP contribution in [0.3, 0.4) is 0 Å². The Hall–Kier alpha value is -3.51. The van der Waals surface area contributed by atoms with Gasteiger partial charge in [0, 0.05) is 42.4 Å². The first-order chi connectivity index (χ1) is 14.7. The zero-order chi connectivity index (χ0) is 20.8. The van der Waals surface area contributed by atoms with Crippen LogP contribution in [0, 0.1) is 0 Å². The Balaban J connectivity index is 1.34. The van der Waals surface area contributed by atoms with Gasteiger partial charge in [-0.1, -0.05) is 53.2 Å². The number of rotatable bonds is 7. The van der Waals surface area contributed by atoms with Gasteiger partial charge < -0.3 is 9.84 Å². The molecule has 2 heterocycles. The van der Waals surface area contributed by atoms with Gasteiger partial charge in [0.15, 0.2) is 0 Å². The lowest BCUT2D eigenvalue weighted by atomic mass is 10.00. The minimum atomic E-state index is -0.0814. The Kier molecular flexibility index (Phi) is 6.15. The Bertz CT molecular complexity index is 1130. The standard InChI is InChI=1S/C23H19ClN4O2/c24-19-9-7-16(8-10-19)20-6-2-1-4-17(20)15-26-21(29)11-12-22-27-23(28-30-22)18-5-3-13-25-14-18/h1-10,13-14H,11-12,15H2,(H,26,29). The van der Waals surface area contributed by atoms with Gasteiger partial charge in [-0.15, -0.1) is 0 Å². The number of carbonyl (C=O) groups is 1. The molecular weight excluding hydrogens is 400 g/mol. The van der Waals surface area contributed by atoms with Crippen molar-refractivity contribution < 1.29 is 9.32 Å². The zero-order valence-corrected chi connectivity index (χ0v) is 16.8. The van der Waals surface area contributed by atoms with Gasteiger partial charge in [0.25, 0.3) is 0 Å². The Morgan fingerprint density at radius 3 is 2.63 bits per heavy atom. The molecule has 0 spiro atoms. The Morgan fingerprint density at radius 2 is 1.83 bits per heavy atom. The number of amides is 1. The molecular formula is C23H19ClN4O2. The first kappa shape index (κ1) is 19.8. The predicted octanol–water partition coefficient (Wildman–Crippen LogP) is 4.70. The molecule has 0 unspecified atom stereocenters. The lowest BCUT2D eigenvalue weighted by molar-refractivity contribution is -0.121. The molecule has 0 radical (unpaired) electrons. The smallest absolute Gasteiger partial charge is 0.227 e. The van der Waals surface area contributed by atoms with Gasteiger partial charge in [0.1, 0.15) is 0 Å². The fourth-order valence-corrected chi connectivity index (χ4v) is 3.18. The molecule has 4 aromatic rings. The van der Waals surface area contributed by atoms with Gasteiger partial charge in [-0.3, -0.25) is 9.78 Å². The van der Waals surface area contributed by atoms with Crippen LogP contribution >= 0.6 is 11.6 Å². The molecule has 0 aliphatic rings. The molecule has 4 rings (SSSR count). The molecule has 0 saturated carbocycles. The minimum Gasteiger partial charge on any atom is -0.352 e. The van der Waals surface area contributed by atoms with E-state index in [9.17, 15) is 4.79 Å².